The number of hydrogen-bond acceptors (Lipinski definition) is 6. The largest absolute Gasteiger partial charge is 0.465 e. The molecule has 0 spiro atoms. The number of sulfonamides is 1. The number of hydrogen-bond donors (Lipinski definition) is 2. The highest BCUT2D eigenvalue weighted by molar-refractivity contribution is 7.89. The number of rotatable bonds is 7. The van der Waals surface area contributed by atoms with Gasteiger partial charge < -0.3 is 15.0 Å². The zero-order valence-corrected chi connectivity index (χ0v) is 17.4. The third-order valence-electron chi connectivity index (χ3n) is 4.08. The molecule has 0 unspecified atom stereocenters. The molecule has 1 aliphatic rings. The molecule has 2 rings (SSSR count). The topological polar surface area (TPSA) is 87.7 Å². The van der Waals surface area contributed by atoms with Crippen LogP contribution in [0, 0.1) is 6.92 Å². The van der Waals surface area contributed by atoms with E-state index in [1.165, 1.54) is 19.2 Å². The minimum Gasteiger partial charge on any atom is -0.465 e. The molecule has 10 heteroatoms. The molecule has 150 valence electrons. The van der Waals surface area contributed by atoms with Crippen LogP contribution in [0.1, 0.15) is 22.3 Å². The minimum atomic E-state index is -3.63. The Morgan fingerprint density at radius 2 is 1.92 bits per heavy atom. The zero-order chi connectivity index (χ0) is 17.6. The highest BCUT2D eigenvalue weighted by atomic mass is 35.5. The second-order valence-corrected chi connectivity index (χ2v) is 7.58. The van der Waals surface area contributed by atoms with Gasteiger partial charge in [-0.25, -0.2) is 17.9 Å². The Hall–Kier alpha value is -0.900. The first-order valence-electron chi connectivity index (χ1n) is 8.06. The second kappa shape index (κ2) is 11.7. The summed E-state index contributed by atoms with van der Waals surface area (Å²) in [4.78, 5) is 14.1. The van der Waals surface area contributed by atoms with Crippen LogP contribution in [0.2, 0.25) is 0 Å². The van der Waals surface area contributed by atoms with Crippen molar-refractivity contribution in [3.63, 3.8) is 0 Å². The maximum Gasteiger partial charge on any atom is 0.338 e. The van der Waals surface area contributed by atoms with E-state index in [0.717, 1.165) is 39.1 Å². The molecule has 1 heterocycles. The van der Waals surface area contributed by atoms with Crippen LogP contribution in [0.5, 0.6) is 0 Å². The van der Waals surface area contributed by atoms with Gasteiger partial charge in [0, 0.05) is 32.7 Å². The van der Waals surface area contributed by atoms with Gasteiger partial charge in [-0.05, 0) is 37.6 Å². The molecule has 1 aromatic carbocycles. The van der Waals surface area contributed by atoms with Gasteiger partial charge in [0.15, 0.2) is 0 Å². The zero-order valence-electron chi connectivity index (χ0n) is 15.0. The summed E-state index contributed by atoms with van der Waals surface area (Å²) in [6.45, 7) is 6.92. The van der Waals surface area contributed by atoms with Gasteiger partial charge in [-0.15, -0.1) is 24.8 Å². The summed E-state index contributed by atoms with van der Waals surface area (Å²) in [6.07, 6.45) is 0.745. The number of nitrogens with zero attached hydrogens (tertiary/aromatic N) is 1. The molecule has 2 N–H and O–H groups in total. The molecule has 0 atom stereocenters. The van der Waals surface area contributed by atoms with E-state index in [-0.39, 0.29) is 35.3 Å². The fourth-order valence-electron chi connectivity index (χ4n) is 2.63. The van der Waals surface area contributed by atoms with Gasteiger partial charge in [0.2, 0.25) is 10.0 Å². The van der Waals surface area contributed by atoms with Crippen molar-refractivity contribution in [2.45, 2.75) is 18.2 Å². The van der Waals surface area contributed by atoms with Crippen LogP contribution in [0.25, 0.3) is 0 Å². The monoisotopic (exact) mass is 427 g/mol. The fourth-order valence-corrected chi connectivity index (χ4v) is 3.73. The van der Waals surface area contributed by atoms with Crippen LogP contribution >= 0.6 is 24.8 Å². The van der Waals surface area contributed by atoms with E-state index in [9.17, 15) is 13.2 Å². The summed E-state index contributed by atoms with van der Waals surface area (Å²) in [5.74, 6) is -0.539. The predicted molar refractivity (Wildman–Crippen MR) is 106 cm³/mol. The van der Waals surface area contributed by atoms with E-state index < -0.39 is 16.0 Å². The lowest BCUT2D eigenvalue weighted by molar-refractivity contribution is 0.0599. The summed E-state index contributed by atoms with van der Waals surface area (Å²) < 4.78 is 32.0. The number of carbonyl (C=O) groups is 1. The normalized spacial score (nSPS) is 14.8. The number of carbonyl (C=O) groups excluding carboxylic acids is 1. The summed E-state index contributed by atoms with van der Waals surface area (Å²) in [5, 5.41) is 3.28. The summed E-state index contributed by atoms with van der Waals surface area (Å²) >= 11 is 0. The Balaban J connectivity index is 0.00000312. The van der Waals surface area contributed by atoms with Gasteiger partial charge in [0.05, 0.1) is 17.6 Å². The standard InChI is InChI=1S/C16H25N3O4S.2ClH/c1-13-4-5-14(12-15(13)16(20)23-2)24(21,22)18-6-3-9-19-10-7-17-8-11-19;;/h4-5,12,17-18H,3,6-11H2,1-2H3;2*1H. The number of nitrogens with one attached hydrogen (secondary N) is 2. The van der Waals surface area contributed by atoms with E-state index in [1.54, 1.807) is 13.0 Å². The summed E-state index contributed by atoms with van der Waals surface area (Å²) in [5.41, 5.74) is 0.945. The van der Waals surface area contributed by atoms with Gasteiger partial charge >= 0.3 is 5.97 Å². The maximum atomic E-state index is 12.4. The lowest BCUT2D eigenvalue weighted by Gasteiger charge is -2.27. The highest BCUT2D eigenvalue weighted by Crippen LogP contribution is 2.16. The number of piperazine rings is 1. The Bertz CT molecular complexity index is 680. The first-order valence-corrected chi connectivity index (χ1v) is 9.54. The van der Waals surface area contributed by atoms with E-state index in [1.807, 2.05) is 0 Å². The molecule has 7 nitrogen and oxygen atoms in total. The molecular formula is C16H27Cl2N3O4S. The fraction of sp³-hybridized carbons (Fsp3) is 0.562. The first-order chi connectivity index (χ1) is 11.4. The van der Waals surface area contributed by atoms with Crippen LogP contribution in [-0.2, 0) is 14.8 Å². The lowest BCUT2D eigenvalue weighted by atomic mass is 10.1. The summed E-state index contributed by atoms with van der Waals surface area (Å²) in [6, 6.07) is 4.47. The molecule has 1 aliphatic heterocycles. The average Bonchev–Trinajstić information content (AvgIpc) is 2.59. The van der Waals surface area contributed by atoms with Crippen LogP contribution in [0.15, 0.2) is 23.1 Å². The molecule has 0 amide bonds. The maximum absolute atomic E-state index is 12.4. The van der Waals surface area contributed by atoms with Gasteiger partial charge in [0.1, 0.15) is 0 Å². The van der Waals surface area contributed by atoms with Gasteiger partial charge in [-0.3, -0.25) is 0 Å². The number of halogens is 2. The number of aryl methyl sites for hydroxylation is 1. The number of methoxy groups -OCH3 is 1. The van der Waals surface area contributed by atoms with Crippen molar-refractivity contribution in [2.24, 2.45) is 0 Å². The molecular weight excluding hydrogens is 401 g/mol. The minimum absolute atomic E-state index is 0. The van der Waals surface area contributed by atoms with Crippen molar-refractivity contribution < 1.29 is 17.9 Å². The average molecular weight is 428 g/mol. The van der Waals surface area contributed by atoms with Crippen LogP contribution in [0.3, 0.4) is 0 Å². The van der Waals surface area contributed by atoms with Crippen molar-refractivity contribution in [1.82, 2.24) is 14.9 Å². The quantitative estimate of drug-likeness (QED) is 0.501. The molecule has 1 saturated heterocycles. The molecule has 0 aliphatic carbocycles. The SMILES string of the molecule is COC(=O)c1cc(S(=O)(=O)NCCCN2CCNCC2)ccc1C.Cl.Cl. The van der Waals surface area contributed by atoms with E-state index in [4.69, 9.17) is 0 Å². The molecule has 1 aromatic rings. The first kappa shape index (κ1) is 25.1. The van der Waals surface area contributed by atoms with Crippen molar-refractivity contribution in [2.75, 3.05) is 46.4 Å². The van der Waals surface area contributed by atoms with E-state index in [2.05, 4.69) is 19.7 Å². The van der Waals surface area contributed by atoms with Crippen LogP contribution in [-0.4, -0.2) is 65.7 Å². The predicted octanol–water partition coefficient (Wildman–Crippen LogP) is 1.20. The van der Waals surface area contributed by atoms with Crippen molar-refractivity contribution in [3.8, 4) is 0 Å². The highest BCUT2D eigenvalue weighted by Gasteiger charge is 2.18. The van der Waals surface area contributed by atoms with Gasteiger partial charge in [-0.1, -0.05) is 6.07 Å². The Labute approximate surface area is 167 Å². The second-order valence-electron chi connectivity index (χ2n) is 5.81. The lowest BCUT2D eigenvalue weighted by Crippen LogP contribution is -2.44. The Morgan fingerprint density at radius 1 is 1.27 bits per heavy atom. The Kier molecular flexibility index (Phi) is 11.3. The van der Waals surface area contributed by atoms with Crippen molar-refractivity contribution >= 4 is 40.8 Å². The van der Waals surface area contributed by atoms with Crippen LogP contribution in [0.4, 0.5) is 0 Å². The molecule has 0 aromatic heterocycles. The van der Waals surface area contributed by atoms with Crippen molar-refractivity contribution in [1.29, 1.82) is 0 Å². The molecule has 0 radical (unpaired) electrons. The van der Waals surface area contributed by atoms with E-state index in [0.29, 0.717) is 12.1 Å². The third kappa shape index (κ3) is 7.02. The summed E-state index contributed by atoms with van der Waals surface area (Å²) in [7, 11) is -2.36. The van der Waals surface area contributed by atoms with Gasteiger partial charge in [0.25, 0.3) is 0 Å². The van der Waals surface area contributed by atoms with Gasteiger partial charge in [-0.2, -0.15) is 0 Å². The molecule has 1 fully saturated rings. The Morgan fingerprint density at radius 3 is 2.54 bits per heavy atom. The number of benzene rings is 1. The molecule has 26 heavy (non-hydrogen) atoms. The number of esters is 1. The molecule has 0 bridgehead atoms. The smallest absolute Gasteiger partial charge is 0.338 e. The number of ether oxygens (including phenoxy) is 1. The van der Waals surface area contributed by atoms with Crippen molar-refractivity contribution in [3.05, 3.63) is 29.3 Å². The molecule has 0 saturated carbocycles. The van der Waals surface area contributed by atoms with E-state index >= 15 is 0 Å². The third-order valence-corrected chi connectivity index (χ3v) is 5.54. The van der Waals surface area contributed by atoms with Crippen LogP contribution < -0.4 is 10.0 Å².